The van der Waals surface area contributed by atoms with Gasteiger partial charge in [-0.2, -0.15) is 0 Å². The summed E-state index contributed by atoms with van der Waals surface area (Å²) in [5.74, 6) is -1.29. The zero-order valence-electron chi connectivity index (χ0n) is 11.2. The average Bonchev–Trinajstić information content (AvgIpc) is 2.38. The molecule has 0 spiro atoms. The summed E-state index contributed by atoms with van der Waals surface area (Å²) in [6.07, 6.45) is 4.41. The van der Waals surface area contributed by atoms with E-state index in [1.807, 2.05) is 0 Å². The fraction of sp³-hybridized carbons (Fsp3) is 0.429. The number of benzene rings is 1. The predicted molar refractivity (Wildman–Crippen MR) is 80.8 cm³/mol. The van der Waals surface area contributed by atoms with Crippen molar-refractivity contribution in [1.82, 2.24) is 0 Å². The molecule has 20 heavy (non-hydrogen) atoms. The molecule has 1 rings (SSSR count). The second-order valence-electron chi connectivity index (χ2n) is 4.48. The van der Waals surface area contributed by atoms with Crippen LogP contribution < -0.4 is 5.32 Å². The van der Waals surface area contributed by atoms with E-state index in [-0.39, 0.29) is 27.2 Å². The van der Waals surface area contributed by atoms with Crippen LogP contribution in [-0.2, 0) is 4.79 Å². The Bertz CT molecular complexity index is 480. The molecule has 1 aromatic rings. The van der Waals surface area contributed by atoms with Gasteiger partial charge in [-0.3, -0.25) is 4.79 Å². The highest BCUT2D eigenvalue weighted by Gasteiger charge is 2.14. The molecule has 0 aliphatic rings. The first-order valence-corrected chi connectivity index (χ1v) is 7.23. The van der Waals surface area contributed by atoms with Crippen LogP contribution in [-0.4, -0.2) is 17.0 Å². The maximum Gasteiger partial charge on any atom is 0.335 e. The minimum absolute atomic E-state index is 0.0130. The number of aromatic carboxylic acids is 1. The van der Waals surface area contributed by atoms with Crippen molar-refractivity contribution in [2.45, 2.75) is 39.0 Å². The first-order chi connectivity index (χ1) is 9.45. The van der Waals surface area contributed by atoms with E-state index in [0.717, 1.165) is 25.7 Å². The van der Waals surface area contributed by atoms with Gasteiger partial charge in [-0.15, -0.1) is 0 Å². The van der Waals surface area contributed by atoms with Crippen LogP contribution >= 0.6 is 23.2 Å². The Kier molecular flexibility index (Phi) is 6.82. The van der Waals surface area contributed by atoms with Crippen molar-refractivity contribution < 1.29 is 14.7 Å². The molecule has 6 heteroatoms. The molecule has 0 aliphatic heterocycles. The lowest BCUT2D eigenvalue weighted by molar-refractivity contribution is -0.116. The van der Waals surface area contributed by atoms with Crippen LogP contribution in [0.4, 0.5) is 5.69 Å². The molecule has 0 unspecified atom stereocenters. The van der Waals surface area contributed by atoms with Crippen molar-refractivity contribution in [3.8, 4) is 0 Å². The van der Waals surface area contributed by atoms with E-state index in [9.17, 15) is 9.59 Å². The monoisotopic (exact) mass is 317 g/mol. The van der Waals surface area contributed by atoms with E-state index in [1.54, 1.807) is 0 Å². The number of carboxylic acids is 1. The Morgan fingerprint density at radius 2 is 1.75 bits per heavy atom. The molecular weight excluding hydrogens is 301 g/mol. The maximum absolute atomic E-state index is 11.8. The van der Waals surface area contributed by atoms with Crippen molar-refractivity contribution in [2.75, 3.05) is 5.32 Å². The van der Waals surface area contributed by atoms with Crippen molar-refractivity contribution >= 4 is 40.8 Å². The van der Waals surface area contributed by atoms with Gasteiger partial charge in [-0.05, 0) is 18.6 Å². The number of carboxylic acid groups (broad SMARTS) is 1. The average molecular weight is 318 g/mol. The lowest BCUT2D eigenvalue weighted by Gasteiger charge is -2.10. The molecule has 0 fully saturated rings. The number of rotatable bonds is 7. The van der Waals surface area contributed by atoms with Crippen LogP contribution in [0.5, 0.6) is 0 Å². The second-order valence-corrected chi connectivity index (χ2v) is 5.29. The molecule has 0 saturated heterocycles. The summed E-state index contributed by atoms with van der Waals surface area (Å²) in [7, 11) is 0. The number of halogens is 2. The number of nitrogens with one attached hydrogen (secondary N) is 1. The summed E-state index contributed by atoms with van der Waals surface area (Å²) in [5.41, 5.74) is 0.250. The number of unbranched alkanes of at least 4 members (excludes halogenated alkanes) is 3. The van der Waals surface area contributed by atoms with E-state index in [0.29, 0.717) is 6.42 Å². The zero-order valence-corrected chi connectivity index (χ0v) is 12.7. The standard InChI is InChI=1S/C14H17Cl2NO3/c1-2-3-4-5-6-12(18)17-13-10(15)7-9(14(19)20)8-11(13)16/h7-8H,2-6H2,1H3,(H,17,18)(H,19,20). The van der Waals surface area contributed by atoms with Gasteiger partial charge in [-0.25, -0.2) is 4.79 Å². The van der Waals surface area contributed by atoms with Gasteiger partial charge in [0.2, 0.25) is 5.91 Å². The molecule has 1 aromatic carbocycles. The molecule has 4 nitrogen and oxygen atoms in total. The Morgan fingerprint density at radius 1 is 1.15 bits per heavy atom. The van der Waals surface area contributed by atoms with Crippen LogP contribution in [0.2, 0.25) is 10.0 Å². The number of hydrogen-bond acceptors (Lipinski definition) is 2. The Morgan fingerprint density at radius 3 is 2.25 bits per heavy atom. The minimum Gasteiger partial charge on any atom is -0.478 e. The summed E-state index contributed by atoms with van der Waals surface area (Å²) in [6.45, 7) is 2.10. The van der Waals surface area contributed by atoms with Gasteiger partial charge in [-0.1, -0.05) is 49.4 Å². The zero-order chi connectivity index (χ0) is 15.1. The molecule has 110 valence electrons. The van der Waals surface area contributed by atoms with Gasteiger partial charge in [0.25, 0.3) is 0 Å². The normalized spacial score (nSPS) is 10.3. The SMILES string of the molecule is CCCCCCC(=O)Nc1c(Cl)cc(C(=O)O)cc1Cl. The third kappa shape index (κ3) is 5.02. The molecular formula is C14H17Cl2NO3. The van der Waals surface area contributed by atoms with Crippen molar-refractivity contribution in [2.24, 2.45) is 0 Å². The lowest BCUT2D eigenvalue weighted by atomic mass is 10.1. The van der Waals surface area contributed by atoms with Crippen LogP contribution in [0, 0.1) is 0 Å². The van der Waals surface area contributed by atoms with Crippen LogP contribution in [0.25, 0.3) is 0 Å². The van der Waals surface area contributed by atoms with Crippen molar-refractivity contribution in [1.29, 1.82) is 0 Å². The highest BCUT2D eigenvalue weighted by atomic mass is 35.5. The Hall–Kier alpha value is -1.26. The number of hydrogen-bond donors (Lipinski definition) is 2. The van der Waals surface area contributed by atoms with Crippen molar-refractivity contribution in [3.63, 3.8) is 0 Å². The molecule has 0 atom stereocenters. The summed E-state index contributed by atoms with van der Waals surface area (Å²) in [4.78, 5) is 22.6. The number of carbonyl (C=O) groups is 2. The van der Waals surface area contributed by atoms with Gasteiger partial charge in [0, 0.05) is 6.42 Å². The smallest absolute Gasteiger partial charge is 0.335 e. The van der Waals surface area contributed by atoms with Crippen LogP contribution in [0.1, 0.15) is 49.4 Å². The number of carbonyl (C=O) groups excluding carboxylic acids is 1. The van der Waals surface area contributed by atoms with E-state index in [1.165, 1.54) is 12.1 Å². The summed E-state index contributed by atoms with van der Waals surface area (Å²) in [5, 5.41) is 11.7. The van der Waals surface area contributed by atoms with E-state index in [4.69, 9.17) is 28.3 Å². The van der Waals surface area contributed by atoms with E-state index < -0.39 is 5.97 Å². The first-order valence-electron chi connectivity index (χ1n) is 6.48. The van der Waals surface area contributed by atoms with Gasteiger partial charge < -0.3 is 10.4 Å². The molecule has 0 aromatic heterocycles. The maximum atomic E-state index is 11.8. The fourth-order valence-corrected chi connectivity index (χ4v) is 2.31. The van der Waals surface area contributed by atoms with E-state index >= 15 is 0 Å². The van der Waals surface area contributed by atoms with Gasteiger partial charge >= 0.3 is 5.97 Å². The van der Waals surface area contributed by atoms with E-state index in [2.05, 4.69) is 12.2 Å². The highest BCUT2D eigenvalue weighted by molar-refractivity contribution is 6.40. The van der Waals surface area contributed by atoms with Crippen molar-refractivity contribution in [3.05, 3.63) is 27.7 Å². The summed E-state index contributed by atoms with van der Waals surface area (Å²) >= 11 is 11.9. The van der Waals surface area contributed by atoms with Gasteiger partial charge in [0.05, 0.1) is 21.3 Å². The Labute approximate surface area is 128 Å². The Balaban J connectivity index is 2.68. The number of amides is 1. The van der Waals surface area contributed by atoms with Crippen LogP contribution in [0.15, 0.2) is 12.1 Å². The highest BCUT2D eigenvalue weighted by Crippen LogP contribution is 2.32. The largest absolute Gasteiger partial charge is 0.478 e. The minimum atomic E-state index is -1.12. The summed E-state index contributed by atoms with van der Waals surface area (Å²) in [6, 6.07) is 2.53. The molecule has 2 N–H and O–H groups in total. The van der Waals surface area contributed by atoms with Gasteiger partial charge in [0.1, 0.15) is 0 Å². The molecule has 0 bridgehead atoms. The molecule has 0 heterocycles. The number of anilines is 1. The third-order valence-corrected chi connectivity index (χ3v) is 3.41. The summed E-state index contributed by atoms with van der Waals surface area (Å²) < 4.78 is 0. The predicted octanol–water partition coefficient (Wildman–Crippen LogP) is 4.60. The topological polar surface area (TPSA) is 66.4 Å². The van der Waals surface area contributed by atoms with Gasteiger partial charge in [0.15, 0.2) is 0 Å². The fourth-order valence-electron chi connectivity index (χ4n) is 1.73. The molecule has 0 saturated carbocycles. The first kappa shape index (κ1) is 16.8. The molecule has 0 radical (unpaired) electrons. The lowest BCUT2D eigenvalue weighted by Crippen LogP contribution is -2.12. The second kappa shape index (κ2) is 8.12. The molecule has 1 amide bonds. The third-order valence-electron chi connectivity index (χ3n) is 2.81. The van der Waals surface area contributed by atoms with Crippen LogP contribution in [0.3, 0.4) is 0 Å². The quantitative estimate of drug-likeness (QED) is 0.722. The molecule has 0 aliphatic carbocycles.